The molecule has 0 spiro atoms. The Labute approximate surface area is 450 Å². The van der Waals surface area contributed by atoms with Gasteiger partial charge in [-0.1, -0.05) is 222 Å². The van der Waals surface area contributed by atoms with Gasteiger partial charge in [-0.2, -0.15) is 0 Å². The molecule has 3 atom stereocenters. The molecule has 0 aromatic carbocycles. The summed E-state index contributed by atoms with van der Waals surface area (Å²) >= 11 is 0. The number of carbonyl (C=O) groups excluding carboxylic acids is 2. The Morgan fingerprint density at radius 1 is 0.493 bits per heavy atom. The number of phosphoric acid groups is 1. The monoisotopic (exact) mass is 1040 g/mol. The molecular formula is C63H113N2O7P. The second kappa shape index (κ2) is 52.6. The first-order chi connectivity index (χ1) is 35.4. The predicted molar refractivity (Wildman–Crippen MR) is 311 cm³/mol. The molecule has 0 aromatic heterocycles. The number of carbonyl (C=O) groups is 2. The van der Waals surface area contributed by atoms with Crippen LogP contribution in [0, 0.1) is 0 Å². The van der Waals surface area contributed by atoms with Crippen molar-refractivity contribution in [1.29, 1.82) is 0 Å². The number of unbranched alkanes of at least 4 members (excludes halogenated alkanes) is 25. The highest BCUT2D eigenvalue weighted by Crippen LogP contribution is 2.38. The minimum atomic E-state index is -4.71. The van der Waals surface area contributed by atoms with Gasteiger partial charge in [0.15, 0.2) is 0 Å². The number of hydrogen-bond donors (Lipinski definition) is 1. The fourth-order valence-electron chi connectivity index (χ4n) is 8.19. The van der Waals surface area contributed by atoms with Gasteiger partial charge in [-0.15, -0.1) is 0 Å². The lowest BCUT2D eigenvalue weighted by molar-refractivity contribution is -0.870. The molecule has 1 amide bonds. The highest BCUT2D eigenvalue weighted by atomic mass is 31.2. The van der Waals surface area contributed by atoms with Crippen LogP contribution in [-0.2, 0) is 27.9 Å². The van der Waals surface area contributed by atoms with Crippen molar-refractivity contribution in [3.8, 4) is 0 Å². The third-order valence-corrected chi connectivity index (χ3v) is 13.8. The average Bonchev–Trinajstić information content (AvgIpc) is 3.35. The number of nitrogens with zero attached hydrogens (tertiary/aromatic N) is 1. The molecule has 0 fully saturated rings. The summed E-state index contributed by atoms with van der Waals surface area (Å²) in [6.45, 7) is 6.68. The molecule has 9 nitrogen and oxygen atoms in total. The normalized spacial score (nSPS) is 14.3. The van der Waals surface area contributed by atoms with Crippen LogP contribution in [0.15, 0.2) is 85.1 Å². The molecule has 422 valence electrons. The molecule has 0 heterocycles. The maximum Gasteiger partial charge on any atom is 0.306 e. The van der Waals surface area contributed by atoms with Crippen LogP contribution in [0.4, 0.5) is 0 Å². The molecule has 0 saturated heterocycles. The first-order valence-electron chi connectivity index (χ1n) is 29.9. The van der Waals surface area contributed by atoms with Gasteiger partial charge in [-0.05, 0) is 102 Å². The molecule has 0 radical (unpaired) electrons. The largest absolute Gasteiger partial charge is 0.756 e. The lowest BCUT2D eigenvalue weighted by Crippen LogP contribution is -2.47. The van der Waals surface area contributed by atoms with E-state index in [2.05, 4.69) is 99.0 Å². The molecule has 0 aliphatic heterocycles. The van der Waals surface area contributed by atoms with E-state index in [1.807, 2.05) is 33.3 Å². The van der Waals surface area contributed by atoms with Crippen molar-refractivity contribution >= 4 is 19.7 Å². The van der Waals surface area contributed by atoms with Gasteiger partial charge in [0.25, 0.3) is 7.82 Å². The molecule has 10 heteroatoms. The van der Waals surface area contributed by atoms with Gasteiger partial charge in [0, 0.05) is 12.8 Å². The van der Waals surface area contributed by atoms with Gasteiger partial charge in [0.2, 0.25) is 5.91 Å². The van der Waals surface area contributed by atoms with Crippen molar-refractivity contribution in [3.05, 3.63) is 85.1 Å². The van der Waals surface area contributed by atoms with Crippen molar-refractivity contribution in [2.24, 2.45) is 0 Å². The maximum atomic E-state index is 13.5. The molecule has 0 saturated carbocycles. The summed E-state index contributed by atoms with van der Waals surface area (Å²) in [5.74, 6) is -0.574. The second-order valence-electron chi connectivity index (χ2n) is 21.1. The zero-order chi connectivity index (χ0) is 53.6. The summed E-state index contributed by atoms with van der Waals surface area (Å²) in [7, 11) is 1.16. The minimum Gasteiger partial charge on any atom is -0.756 e. The van der Waals surface area contributed by atoms with E-state index < -0.39 is 26.6 Å². The van der Waals surface area contributed by atoms with Crippen LogP contribution in [0.5, 0.6) is 0 Å². The number of phosphoric ester groups is 1. The van der Waals surface area contributed by atoms with Gasteiger partial charge < -0.3 is 28.5 Å². The summed E-state index contributed by atoms with van der Waals surface area (Å²) in [5, 5.41) is 3.01. The smallest absolute Gasteiger partial charge is 0.306 e. The van der Waals surface area contributed by atoms with Crippen LogP contribution in [0.1, 0.15) is 252 Å². The molecule has 3 unspecified atom stereocenters. The van der Waals surface area contributed by atoms with Crippen LogP contribution in [-0.4, -0.2) is 69.4 Å². The summed E-state index contributed by atoms with van der Waals surface area (Å²) < 4.78 is 30.2. The van der Waals surface area contributed by atoms with Gasteiger partial charge in [-0.25, -0.2) is 0 Å². The number of rotatable bonds is 53. The fraction of sp³-hybridized carbons (Fsp3) is 0.746. The van der Waals surface area contributed by atoms with Gasteiger partial charge in [-0.3, -0.25) is 14.2 Å². The minimum absolute atomic E-state index is 0.0312. The Bertz CT molecular complexity index is 1530. The standard InChI is InChI=1S/C63H113N2O7P/c1-7-10-13-16-19-22-25-28-30-31-32-33-34-35-36-37-40-43-46-49-52-55-62(66)64-60(59-71-73(68,69)70-58-57-65(4,5)6)61(54-51-48-45-42-39-27-24-21-18-15-12-9-3)72-63(67)56-53-50-47-44-41-38-29-26-23-20-17-14-11-8-2/h11,14,19-20,22-23,28,30,32-33,35-36,51,54,60-61H,7-10,12-13,15-18,21,24-27,29,31,34,37-50,52-53,55-59H2,1-6H3,(H-,64,66,68,69)/b14-11+,22-19-,23-20+,30-28-,33-32-,36-35-,54-51-. The Balaban J connectivity index is 5.32. The quantitative estimate of drug-likeness (QED) is 0.0212. The van der Waals surface area contributed by atoms with E-state index in [4.69, 9.17) is 13.8 Å². The first-order valence-corrected chi connectivity index (χ1v) is 31.4. The zero-order valence-corrected chi connectivity index (χ0v) is 49.0. The third kappa shape index (κ3) is 53.8. The summed E-state index contributed by atoms with van der Waals surface area (Å²) in [4.78, 5) is 39.9. The van der Waals surface area contributed by atoms with Crippen molar-refractivity contribution in [2.45, 2.75) is 264 Å². The molecule has 0 bridgehead atoms. The van der Waals surface area contributed by atoms with E-state index in [1.54, 1.807) is 0 Å². The summed E-state index contributed by atoms with van der Waals surface area (Å²) in [5.41, 5.74) is 0. The molecule has 1 N–H and O–H groups in total. The van der Waals surface area contributed by atoms with Crippen molar-refractivity contribution in [1.82, 2.24) is 5.32 Å². The first kappa shape index (κ1) is 70.2. The number of esters is 1. The topological polar surface area (TPSA) is 114 Å². The molecular weight excluding hydrogens is 928 g/mol. The average molecular weight is 1040 g/mol. The number of allylic oxidation sites excluding steroid dienone is 13. The highest BCUT2D eigenvalue weighted by Gasteiger charge is 2.27. The van der Waals surface area contributed by atoms with Crippen LogP contribution >= 0.6 is 7.82 Å². The van der Waals surface area contributed by atoms with E-state index in [-0.39, 0.29) is 24.9 Å². The number of ether oxygens (including phenoxy) is 1. The van der Waals surface area contributed by atoms with Crippen molar-refractivity contribution in [3.63, 3.8) is 0 Å². The number of nitrogens with one attached hydrogen (secondary N) is 1. The lowest BCUT2D eigenvalue weighted by atomic mass is 10.0. The second-order valence-corrected chi connectivity index (χ2v) is 22.5. The molecule has 0 aliphatic rings. The third-order valence-electron chi connectivity index (χ3n) is 12.8. The zero-order valence-electron chi connectivity index (χ0n) is 48.1. The number of amides is 1. The van der Waals surface area contributed by atoms with E-state index >= 15 is 0 Å². The fourth-order valence-corrected chi connectivity index (χ4v) is 8.91. The van der Waals surface area contributed by atoms with Crippen LogP contribution < -0.4 is 10.2 Å². The number of likely N-dealkylation sites (N-methyl/N-ethyl adjacent to an activating group) is 1. The molecule has 73 heavy (non-hydrogen) atoms. The number of hydrogen-bond acceptors (Lipinski definition) is 7. The van der Waals surface area contributed by atoms with Gasteiger partial charge in [0.1, 0.15) is 19.3 Å². The van der Waals surface area contributed by atoms with Crippen LogP contribution in [0.2, 0.25) is 0 Å². The lowest BCUT2D eigenvalue weighted by Gasteiger charge is -2.30. The van der Waals surface area contributed by atoms with Crippen molar-refractivity contribution < 1.29 is 37.3 Å². The maximum absolute atomic E-state index is 13.5. The highest BCUT2D eigenvalue weighted by molar-refractivity contribution is 7.45. The van der Waals surface area contributed by atoms with Crippen LogP contribution in [0.25, 0.3) is 0 Å². The van der Waals surface area contributed by atoms with Gasteiger partial charge >= 0.3 is 5.97 Å². The van der Waals surface area contributed by atoms with E-state index in [0.717, 1.165) is 116 Å². The number of quaternary nitrogens is 1. The Kier molecular flexibility index (Phi) is 50.6. The molecule has 0 aliphatic carbocycles. The summed E-state index contributed by atoms with van der Waals surface area (Å²) in [6, 6.07) is -0.905. The predicted octanol–water partition coefficient (Wildman–Crippen LogP) is 17.6. The van der Waals surface area contributed by atoms with E-state index in [0.29, 0.717) is 23.9 Å². The molecule has 0 aromatic rings. The summed E-state index contributed by atoms with van der Waals surface area (Å²) in [6.07, 6.45) is 68.3. The van der Waals surface area contributed by atoms with E-state index in [1.165, 1.54) is 96.3 Å². The SMILES string of the molecule is CC/C=C/C/C=C/CCCCCCCCCC(=O)OC(/C=C\CCCCCCCCCCCC)C(COP(=O)([O-])OCC[N+](C)(C)C)NC(=O)CCCCCCC/C=C\C/C=C\C/C=C\C/C=C\CCCCC. The Morgan fingerprint density at radius 2 is 0.877 bits per heavy atom. The Hall–Kier alpha value is -2.81. The molecule has 0 rings (SSSR count). The van der Waals surface area contributed by atoms with E-state index in [9.17, 15) is 19.0 Å². The van der Waals surface area contributed by atoms with Crippen LogP contribution in [0.3, 0.4) is 0 Å². The Morgan fingerprint density at radius 3 is 1.34 bits per heavy atom. The van der Waals surface area contributed by atoms with Gasteiger partial charge in [0.05, 0.1) is 33.8 Å². The van der Waals surface area contributed by atoms with Crippen molar-refractivity contribution in [2.75, 3.05) is 40.9 Å².